The van der Waals surface area contributed by atoms with Gasteiger partial charge in [0.1, 0.15) is 15.7 Å². The largest absolute Gasteiger partial charge is 0.456 e. The third kappa shape index (κ3) is 3.88. The van der Waals surface area contributed by atoms with E-state index in [0.717, 1.165) is 16.5 Å². The molecule has 1 N–H and O–H groups in total. The highest BCUT2D eigenvalue weighted by atomic mass is 32.2. The first-order chi connectivity index (χ1) is 13.8. The maximum atomic E-state index is 12.3. The summed E-state index contributed by atoms with van der Waals surface area (Å²) in [6.07, 6.45) is 7.52. The van der Waals surface area contributed by atoms with Gasteiger partial charge in [-0.3, -0.25) is 9.78 Å². The van der Waals surface area contributed by atoms with Crippen LogP contribution in [0.25, 0.3) is 22.6 Å². The van der Waals surface area contributed by atoms with Gasteiger partial charge in [-0.1, -0.05) is 30.1 Å². The van der Waals surface area contributed by atoms with Crippen molar-refractivity contribution in [3.63, 3.8) is 0 Å². The summed E-state index contributed by atoms with van der Waals surface area (Å²) in [7, 11) is -0.399. The number of fused-ring (bicyclic) bond motifs is 1. The number of nitrogens with one attached hydrogen (secondary N) is 1. The molecule has 0 spiro atoms. The van der Waals surface area contributed by atoms with Crippen molar-refractivity contribution >= 4 is 67.0 Å². The van der Waals surface area contributed by atoms with Crippen LogP contribution < -0.4 is 5.32 Å². The van der Waals surface area contributed by atoms with Crippen LogP contribution in [0.5, 0.6) is 0 Å². The fourth-order valence-corrected chi connectivity index (χ4v) is 5.24. The molecule has 4 heterocycles. The topological polar surface area (TPSA) is 95.8 Å². The Balaban J connectivity index is 1.65. The predicted molar refractivity (Wildman–Crippen MR) is 117 cm³/mol. The maximum Gasteiger partial charge on any atom is 0.281 e. The minimum Gasteiger partial charge on any atom is -0.456 e. The van der Waals surface area contributed by atoms with E-state index in [4.69, 9.17) is 16.6 Å². The van der Waals surface area contributed by atoms with Crippen molar-refractivity contribution in [3.05, 3.63) is 40.8 Å². The molecule has 1 fully saturated rings. The molecular formula is C18H18N4O4S3. The third-order valence-corrected chi connectivity index (χ3v) is 7.73. The van der Waals surface area contributed by atoms with E-state index in [-0.39, 0.29) is 12.5 Å². The highest BCUT2D eigenvalue weighted by molar-refractivity contribution is 8.26. The molecule has 0 aromatic carbocycles. The summed E-state index contributed by atoms with van der Waals surface area (Å²) in [4.78, 5) is 16.6. The second kappa shape index (κ2) is 7.65. The lowest BCUT2D eigenvalue weighted by molar-refractivity contribution is -0.115. The molecule has 0 saturated carbocycles. The van der Waals surface area contributed by atoms with Crippen molar-refractivity contribution < 1.29 is 17.6 Å². The van der Waals surface area contributed by atoms with E-state index in [9.17, 15) is 13.2 Å². The molecule has 0 radical (unpaired) electrons. The van der Waals surface area contributed by atoms with Crippen molar-refractivity contribution in [2.24, 2.45) is 0 Å². The molecule has 0 atom stereocenters. The number of thiocarbonyl (C=S) groups is 1. The summed E-state index contributed by atoms with van der Waals surface area (Å²) in [5.41, 5.74) is 2.47. The molecule has 11 heteroatoms. The lowest BCUT2D eigenvalue weighted by Crippen LogP contribution is -2.42. The van der Waals surface area contributed by atoms with Crippen LogP contribution in [-0.4, -0.2) is 59.4 Å². The molecule has 2 aromatic heterocycles. The highest BCUT2D eigenvalue weighted by Crippen LogP contribution is 2.33. The Morgan fingerprint density at radius 1 is 1.38 bits per heavy atom. The van der Waals surface area contributed by atoms with Gasteiger partial charge < -0.3 is 9.73 Å². The van der Waals surface area contributed by atoms with Crippen molar-refractivity contribution in [1.82, 2.24) is 18.9 Å². The third-order valence-electron chi connectivity index (χ3n) is 4.66. The minimum atomic E-state index is -3.44. The van der Waals surface area contributed by atoms with Crippen LogP contribution in [0.15, 0.2) is 33.9 Å². The van der Waals surface area contributed by atoms with E-state index in [1.54, 1.807) is 18.5 Å². The minimum absolute atomic E-state index is 0.240. The fourth-order valence-electron chi connectivity index (χ4n) is 3.17. The van der Waals surface area contributed by atoms with E-state index in [2.05, 4.69) is 10.3 Å². The normalized spacial score (nSPS) is 20.0. The van der Waals surface area contributed by atoms with E-state index in [1.807, 2.05) is 12.1 Å². The number of carbonyl (C=O) groups is 1. The number of nitrogens with zero attached hydrogens (tertiary/aromatic N) is 3. The van der Waals surface area contributed by atoms with Gasteiger partial charge in [0.2, 0.25) is 0 Å². The van der Waals surface area contributed by atoms with Gasteiger partial charge in [-0.25, -0.2) is 0 Å². The summed E-state index contributed by atoms with van der Waals surface area (Å²) in [6, 6.07) is 1.82. The number of hydrogen-bond acceptors (Lipinski definition) is 7. The van der Waals surface area contributed by atoms with Crippen molar-refractivity contribution in [2.45, 2.75) is 6.42 Å². The summed E-state index contributed by atoms with van der Waals surface area (Å²) in [5, 5.41) is 3.38. The Kier molecular flexibility index (Phi) is 5.34. The molecule has 1 amide bonds. The molecule has 0 bridgehead atoms. The average molecular weight is 451 g/mol. The molecule has 0 unspecified atom stereocenters. The number of pyridine rings is 1. The van der Waals surface area contributed by atoms with Crippen molar-refractivity contribution in [3.8, 4) is 0 Å². The molecule has 2 aromatic rings. The number of hydrogen-bond donors (Lipinski definition) is 1. The first-order valence-electron chi connectivity index (χ1n) is 8.75. The monoisotopic (exact) mass is 450 g/mol. The van der Waals surface area contributed by atoms with Gasteiger partial charge in [0.25, 0.3) is 16.1 Å². The average Bonchev–Trinajstić information content (AvgIpc) is 3.23. The predicted octanol–water partition coefficient (Wildman–Crippen LogP) is 2.21. The lowest BCUT2D eigenvalue weighted by atomic mass is 10.0. The molecular weight excluding hydrogens is 432 g/mol. The van der Waals surface area contributed by atoms with Crippen LogP contribution in [0, 0.1) is 0 Å². The van der Waals surface area contributed by atoms with E-state index in [0.29, 0.717) is 33.5 Å². The second-order valence-electron chi connectivity index (χ2n) is 6.73. The zero-order chi connectivity index (χ0) is 20.8. The van der Waals surface area contributed by atoms with Gasteiger partial charge in [-0.15, -0.1) is 0 Å². The lowest BCUT2D eigenvalue weighted by Gasteiger charge is -2.28. The van der Waals surface area contributed by atoms with E-state index in [1.165, 1.54) is 34.5 Å². The van der Waals surface area contributed by atoms with Gasteiger partial charge in [0, 0.05) is 56.6 Å². The number of rotatable bonds is 4. The van der Waals surface area contributed by atoms with Crippen LogP contribution in [0.1, 0.15) is 17.7 Å². The van der Waals surface area contributed by atoms with Crippen molar-refractivity contribution in [2.75, 3.05) is 27.2 Å². The molecule has 152 valence electrons. The number of aromatic nitrogens is 1. The van der Waals surface area contributed by atoms with E-state index < -0.39 is 10.2 Å². The number of amides is 1. The van der Waals surface area contributed by atoms with Crippen LogP contribution in [0.3, 0.4) is 0 Å². The molecule has 2 aliphatic heterocycles. The number of thioether (sulfide) groups is 1. The standard InChI is InChI=1S/C18H18N4O4S3/c1-21(2)29(24,25)22-5-3-11(4-6-22)14-10-19-9-12-7-13(26-16(12)14)8-15-17(23)20-18(27)28-15/h3,7-10H,4-6H2,1-2H3,(H,20,23,27)/b15-8+. The van der Waals surface area contributed by atoms with Gasteiger partial charge >= 0.3 is 0 Å². The summed E-state index contributed by atoms with van der Waals surface area (Å²) in [6.45, 7) is 0.673. The van der Waals surface area contributed by atoms with Crippen LogP contribution in [-0.2, 0) is 15.0 Å². The second-order valence-corrected chi connectivity index (χ2v) is 10.6. The Morgan fingerprint density at radius 3 is 2.79 bits per heavy atom. The zero-order valence-corrected chi connectivity index (χ0v) is 18.2. The molecule has 1 saturated heterocycles. The summed E-state index contributed by atoms with van der Waals surface area (Å²) < 4.78 is 33.7. The van der Waals surface area contributed by atoms with Gasteiger partial charge in [-0.2, -0.15) is 17.0 Å². The molecule has 29 heavy (non-hydrogen) atoms. The number of furan rings is 1. The fraction of sp³-hybridized carbons (Fsp3) is 0.278. The first kappa shape index (κ1) is 20.2. The zero-order valence-electron chi connectivity index (χ0n) is 15.7. The van der Waals surface area contributed by atoms with Crippen molar-refractivity contribution in [1.29, 1.82) is 0 Å². The molecule has 8 nitrogen and oxygen atoms in total. The van der Waals surface area contributed by atoms with Crippen LogP contribution in [0.2, 0.25) is 0 Å². The molecule has 0 aliphatic carbocycles. The molecule has 2 aliphatic rings. The highest BCUT2D eigenvalue weighted by Gasteiger charge is 2.27. The van der Waals surface area contributed by atoms with Gasteiger partial charge in [0.15, 0.2) is 0 Å². The quantitative estimate of drug-likeness (QED) is 0.564. The Morgan fingerprint density at radius 2 is 2.17 bits per heavy atom. The molecule has 4 rings (SSSR count). The SMILES string of the molecule is CN(C)S(=O)(=O)N1CC=C(c2cncc3cc(/C=C4/SC(=S)NC4=O)oc23)CC1. The van der Waals surface area contributed by atoms with Gasteiger partial charge in [0.05, 0.1) is 4.91 Å². The Hall–Kier alpha value is -2.05. The summed E-state index contributed by atoms with van der Waals surface area (Å²) >= 11 is 6.20. The number of carbonyl (C=O) groups excluding carboxylic acids is 1. The summed E-state index contributed by atoms with van der Waals surface area (Å²) in [5.74, 6) is 0.292. The maximum absolute atomic E-state index is 12.3. The Bertz CT molecular complexity index is 1180. The van der Waals surface area contributed by atoms with Crippen LogP contribution >= 0.6 is 24.0 Å². The first-order valence-corrected chi connectivity index (χ1v) is 11.4. The Labute approximate surface area is 177 Å². The van der Waals surface area contributed by atoms with E-state index >= 15 is 0 Å². The van der Waals surface area contributed by atoms with Crippen LogP contribution in [0.4, 0.5) is 0 Å². The van der Waals surface area contributed by atoms with Gasteiger partial charge in [-0.05, 0) is 18.1 Å². The smallest absolute Gasteiger partial charge is 0.281 e.